The van der Waals surface area contributed by atoms with Gasteiger partial charge >= 0.3 is 0 Å². The second-order valence-corrected chi connectivity index (χ2v) is 7.82. The van der Waals surface area contributed by atoms with Crippen LogP contribution < -0.4 is 0 Å². The first-order chi connectivity index (χ1) is 11.5. The summed E-state index contributed by atoms with van der Waals surface area (Å²) in [6.45, 7) is 0.811. The van der Waals surface area contributed by atoms with Gasteiger partial charge < -0.3 is 0 Å². The summed E-state index contributed by atoms with van der Waals surface area (Å²) in [6.07, 6.45) is 4.62. The third kappa shape index (κ3) is 4.07. The van der Waals surface area contributed by atoms with Crippen LogP contribution in [0.4, 0.5) is 4.39 Å². The number of aryl methyl sites for hydroxylation is 1. The molecule has 126 valence electrons. The summed E-state index contributed by atoms with van der Waals surface area (Å²) >= 11 is 0. The van der Waals surface area contributed by atoms with Crippen molar-refractivity contribution in [1.29, 1.82) is 0 Å². The van der Waals surface area contributed by atoms with Crippen molar-refractivity contribution in [3.63, 3.8) is 0 Å². The van der Waals surface area contributed by atoms with E-state index in [2.05, 4.69) is 4.98 Å². The summed E-state index contributed by atoms with van der Waals surface area (Å²) in [5, 5.41) is 0. The van der Waals surface area contributed by atoms with E-state index in [4.69, 9.17) is 0 Å². The molecule has 4 nitrogen and oxygen atoms in total. The number of hydrogen-bond donors (Lipinski definition) is 0. The van der Waals surface area contributed by atoms with Crippen LogP contribution in [-0.2, 0) is 16.4 Å². The molecular weight excluding hydrogens is 327 g/mol. The summed E-state index contributed by atoms with van der Waals surface area (Å²) < 4.78 is 39.4. The van der Waals surface area contributed by atoms with E-state index < -0.39 is 10.0 Å². The van der Waals surface area contributed by atoms with Crippen molar-refractivity contribution in [3.8, 4) is 0 Å². The van der Waals surface area contributed by atoms with Gasteiger partial charge in [-0.2, -0.15) is 4.31 Å². The molecule has 0 saturated heterocycles. The number of rotatable bonds is 5. The zero-order chi connectivity index (χ0) is 17.0. The maximum Gasteiger partial charge on any atom is 0.214 e. The van der Waals surface area contributed by atoms with Crippen molar-refractivity contribution in [2.24, 2.45) is 0 Å². The minimum absolute atomic E-state index is 0.0593. The van der Waals surface area contributed by atoms with E-state index in [1.165, 1.54) is 16.4 Å². The van der Waals surface area contributed by atoms with Crippen LogP contribution in [-0.4, -0.2) is 36.5 Å². The van der Waals surface area contributed by atoms with Gasteiger partial charge in [0.25, 0.3) is 0 Å². The van der Waals surface area contributed by atoms with Gasteiger partial charge in [0.2, 0.25) is 10.0 Å². The van der Waals surface area contributed by atoms with Gasteiger partial charge in [-0.05, 0) is 41.8 Å². The average molecular weight is 346 g/mol. The van der Waals surface area contributed by atoms with E-state index in [0.717, 1.165) is 16.8 Å². The maximum atomic E-state index is 13.0. The molecule has 1 aliphatic heterocycles. The van der Waals surface area contributed by atoms with Crippen molar-refractivity contribution in [2.75, 3.05) is 18.8 Å². The highest BCUT2D eigenvalue weighted by atomic mass is 32.2. The second-order valence-electron chi connectivity index (χ2n) is 5.73. The molecule has 0 aliphatic carbocycles. The number of benzene rings is 1. The summed E-state index contributed by atoms with van der Waals surface area (Å²) in [5.74, 6) is -0.210. The predicted molar refractivity (Wildman–Crippen MR) is 92.3 cm³/mol. The Morgan fingerprint density at radius 1 is 1.12 bits per heavy atom. The van der Waals surface area contributed by atoms with Crippen LogP contribution in [0.1, 0.15) is 17.7 Å². The second kappa shape index (κ2) is 7.23. The molecule has 0 bridgehead atoms. The highest BCUT2D eigenvalue weighted by Gasteiger charge is 2.24. The fourth-order valence-electron chi connectivity index (χ4n) is 2.74. The van der Waals surface area contributed by atoms with Gasteiger partial charge in [-0.1, -0.05) is 24.3 Å². The summed E-state index contributed by atoms with van der Waals surface area (Å²) in [4.78, 5) is 4.16. The minimum atomic E-state index is -3.31. The number of halogens is 1. The molecule has 0 N–H and O–H groups in total. The lowest BCUT2D eigenvalue weighted by molar-refractivity contribution is 0.441. The first-order valence-corrected chi connectivity index (χ1v) is 9.48. The molecule has 2 heterocycles. The van der Waals surface area contributed by atoms with Crippen LogP contribution in [0, 0.1) is 5.82 Å². The van der Waals surface area contributed by atoms with E-state index in [1.54, 1.807) is 18.3 Å². The van der Waals surface area contributed by atoms with E-state index >= 15 is 0 Å². The lowest BCUT2D eigenvalue weighted by Gasteiger charge is -2.26. The molecule has 0 radical (unpaired) electrons. The van der Waals surface area contributed by atoms with Crippen molar-refractivity contribution >= 4 is 15.6 Å². The molecule has 0 fully saturated rings. The first kappa shape index (κ1) is 16.8. The Labute approximate surface area is 141 Å². The third-order valence-corrected chi connectivity index (χ3v) is 5.96. The van der Waals surface area contributed by atoms with Crippen LogP contribution in [0.2, 0.25) is 0 Å². The topological polar surface area (TPSA) is 50.3 Å². The van der Waals surface area contributed by atoms with E-state index in [-0.39, 0.29) is 11.6 Å². The van der Waals surface area contributed by atoms with Crippen molar-refractivity contribution in [2.45, 2.75) is 12.8 Å². The Morgan fingerprint density at radius 3 is 2.54 bits per heavy atom. The number of hydrogen-bond acceptors (Lipinski definition) is 3. The summed E-state index contributed by atoms with van der Waals surface area (Å²) in [7, 11) is -3.31. The Bertz CT molecular complexity index is 818. The highest BCUT2D eigenvalue weighted by Crippen LogP contribution is 2.24. The van der Waals surface area contributed by atoms with Crippen LogP contribution in [0.5, 0.6) is 0 Å². The first-order valence-electron chi connectivity index (χ1n) is 7.87. The molecule has 1 aromatic heterocycles. The van der Waals surface area contributed by atoms with Gasteiger partial charge in [0.1, 0.15) is 5.82 Å². The lowest BCUT2D eigenvalue weighted by Crippen LogP contribution is -2.36. The largest absolute Gasteiger partial charge is 0.261 e. The van der Waals surface area contributed by atoms with Crippen LogP contribution in [0.15, 0.2) is 54.7 Å². The van der Waals surface area contributed by atoms with Gasteiger partial charge in [0.15, 0.2) is 0 Å². The van der Waals surface area contributed by atoms with Crippen molar-refractivity contribution in [1.82, 2.24) is 9.29 Å². The molecule has 1 aliphatic rings. The van der Waals surface area contributed by atoms with Crippen molar-refractivity contribution < 1.29 is 12.8 Å². The quantitative estimate of drug-likeness (QED) is 0.836. The molecule has 3 rings (SSSR count). The van der Waals surface area contributed by atoms with Crippen LogP contribution >= 0.6 is 0 Å². The van der Waals surface area contributed by atoms with Gasteiger partial charge in [-0.3, -0.25) is 4.98 Å². The molecular formula is C18H19FN2O2S. The summed E-state index contributed by atoms with van der Waals surface area (Å²) in [5.41, 5.74) is 2.79. The van der Waals surface area contributed by atoms with Gasteiger partial charge in [-0.25, -0.2) is 12.8 Å². The fraction of sp³-hybridized carbons (Fsp3) is 0.278. The predicted octanol–water partition coefficient (Wildman–Crippen LogP) is 2.88. The van der Waals surface area contributed by atoms with E-state index in [1.807, 2.05) is 24.3 Å². The minimum Gasteiger partial charge on any atom is -0.261 e. The molecule has 0 spiro atoms. The average Bonchev–Trinajstić information content (AvgIpc) is 2.62. The zero-order valence-electron chi connectivity index (χ0n) is 13.2. The smallest absolute Gasteiger partial charge is 0.214 e. The Balaban J connectivity index is 1.63. The zero-order valence-corrected chi connectivity index (χ0v) is 14.0. The van der Waals surface area contributed by atoms with E-state index in [9.17, 15) is 12.8 Å². The fourth-order valence-corrected chi connectivity index (χ4v) is 4.13. The van der Waals surface area contributed by atoms with Crippen molar-refractivity contribution in [3.05, 3.63) is 71.8 Å². The number of aromatic nitrogens is 1. The lowest BCUT2D eigenvalue weighted by atomic mass is 10.0. The molecule has 24 heavy (non-hydrogen) atoms. The third-order valence-electron chi connectivity index (χ3n) is 4.12. The maximum absolute atomic E-state index is 13.0. The van der Waals surface area contributed by atoms with E-state index in [0.29, 0.717) is 25.9 Å². The molecule has 2 aromatic rings. The number of nitrogens with zero attached hydrogens (tertiary/aromatic N) is 2. The SMILES string of the molecule is O=S(=O)(CCc1ccccn1)N1CC=C(c2ccc(F)cc2)CC1. The standard InChI is InChI=1S/C18H19FN2O2S/c19-17-6-4-15(5-7-17)16-8-12-21(13-9-16)24(22,23)14-10-18-3-1-2-11-20-18/h1-8,11H,9-10,12-14H2. The molecule has 6 heteroatoms. The molecule has 1 aromatic carbocycles. The molecule has 0 amide bonds. The number of sulfonamides is 1. The van der Waals surface area contributed by atoms with Crippen LogP contribution in [0.3, 0.4) is 0 Å². The monoisotopic (exact) mass is 346 g/mol. The Kier molecular flexibility index (Phi) is 5.06. The van der Waals surface area contributed by atoms with Gasteiger partial charge in [0, 0.05) is 31.4 Å². The highest BCUT2D eigenvalue weighted by molar-refractivity contribution is 7.89. The molecule has 0 atom stereocenters. The normalized spacial score (nSPS) is 16.0. The van der Waals surface area contributed by atoms with Crippen LogP contribution in [0.25, 0.3) is 5.57 Å². The number of pyridine rings is 1. The molecule has 0 saturated carbocycles. The summed E-state index contributed by atoms with van der Waals surface area (Å²) in [6, 6.07) is 11.8. The van der Waals surface area contributed by atoms with Gasteiger partial charge in [0.05, 0.1) is 5.75 Å². The molecule has 0 unspecified atom stereocenters. The Hall–Kier alpha value is -2.05. The van der Waals surface area contributed by atoms with Gasteiger partial charge in [-0.15, -0.1) is 0 Å². The Morgan fingerprint density at radius 2 is 1.92 bits per heavy atom.